The third kappa shape index (κ3) is 3.78. The first kappa shape index (κ1) is 13.5. The van der Waals surface area contributed by atoms with Gasteiger partial charge < -0.3 is 4.90 Å². The molecule has 0 aliphatic carbocycles. The van der Waals surface area contributed by atoms with Crippen LogP contribution in [-0.4, -0.2) is 52.2 Å². The van der Waals surface area contributed by atoms with E-state index in [9.17, 15) is 4.79 Å². The van der Waals surface area contributed by atoms with Gasteiger partial charge in [-0.25, -0.2) is 0 Å². The molecule has 98 valence electrons. The SMILES string of the molecule is O=C(CCBr)N1CCN(Cc2ccncc2)CC1. The maximum atomic E-state index is 11.7. The van der Waals surface area contributed by atoms with Crippen molar-refractivity contribution in [1.82, 2.24) is 14.8 Å². The van der Waals surface area contributed by atoms with Gasteiger partial charge in [0.05, 0.1) is 0 Å². The van der Waals surface area contributed by atoms with Gasteiger partial charge in [0, 0.05) is 56.9 Å². The van der Waals surface area contributed by atoms with E-state index in [2.05, 4.69) is 25.8 Å². The Morgan fingerprint density at radius 3 is 2.50 bits per heavy atom. The Labute approximate surface area is 116 Å². The summed E-state index contributed by atoms with van der Waals surface area (Å²) in [5.41, 5.74) is 1.28. The molecule has 1 amide bonds. The summed E-state index contributed by atoms with van der Waals surface area (Å²) in [4.78, 5) is 20.1. The summed E-state index contributed by atoms with van der Waals surface area (Å²) in [6.45, 7) is 4.55. The van der Waals surface area contributed by atoms with Gasteiger partial charge in [-0.05, 0) is 17.7 Å². The zero-order valence-electron chi connectivity index (χ0n) is 10.4. The highest BCUT2D eigenvalue weighted by Crippen LogP contribution is 2.09. The Balaban J connectivity index is 1.78. The zero-order chi connectivity index (χ0) is 12.8. The van der Waals surface area contributed by atoms with Crippen LogP contribution in [0.25, 0.3) is 0 Å². The number of halogens is 1. The second kappa shape index (κ2) is 6.85. The molecule has 2 heterocycles. The molecule has 1 aromatic heterocycles. The first-order valence-corrected chi connectivity index (χ1v) is 7.37. The Morgan fingerprint density at radius 1 is 1.22 bits per heavy atom. The van der Waals surface area contributed by atoms with E-state index in [0.29, 0.717) is 6.42 Å². The molecule has 0 aromatic carbocycles. The fourth-order valence-corrected chi connectivity index (χ4v) is 2.48. The molecule has 0 atom stereocenters. The smallest absolute Gasteiger partial charge is 0.223 e. The van der Waals surface area contributed by atoms with Crippen molar-refractivity contribution >= 4 is 21.8 Å². The number of alkyl halides is 1. The minimum Gasteiger partial charge on any atom is -0.340 e. The van der Waals surface area contributed by atoms with E-state index in [1.54, 1.807) is 0 Å². The normalized spacial score (nSPS) is 16.8. The van der Waals surface area contributed by atoms with Crippen LogP contribution in [0.4, 0.5) is 0 Å². The van der Waals surface area contributed by atoms with E-state index in [4.69, 9.17) is 0 Å². The lowest BCUT2D eigenvalue weighted by Gasteiger charge is -2.34. The summed E-state index contributed by atoms with van der Waals surface area (Å²) < 4.78 is 0. The predicted molar refractivity (Wildman–Crippen MR) is 74.5 cm³/mol. The minimum atomic E-state index is 0.260. The van der Waals surface area contributed by atoms with Gasteiger partial charge in [0.2, 0.25) is 5.91 Å². The van der Waals surface area contributed by atoms with Gasteiger partial charge in [-0.15, -0.1) is 0 Å². The number of hydrogen-bond acceptors (Lipinski definition) is 3. The number of carbonyl (C=O) groups excluding carboxylic acids is 1. The van der Waals surface area contributed by atoms with E-state index in [0.717, 1.165) is 38.1 Å². The summed E-state index contributed by atoms with van der Waals surface area (Å²) >= 11 is 3.31. The molecule has 0 bridgehead atoms. The molecule has 1 saturated heterocycles. The van der Waals surface area contributed by atoms with E-state index >= 15 is 0 Å². The standard InChI is InChI=1S/C13H18BrN3O/c14-4-1-13(18)17-9-7-16(8-10-17)11-12-2-5-15-6-3-12/h2-3,5-6H,1,4,7-11H2. The maximum Gasteiger partial charge on any atom is 0.223 e. The van der Waals surface area contributed by atoms with Crippen LogP contribution in [-0.2, 0) is 11.3 Å². The van der Waals surface area contributed by atoms with E-state index in [-0.39, 0.29) is 5.91 Å². The molecule has 1 aliphatic rings. The van der Waals surface area contributed by atoms with Gasteiger partial charge in [-0.1, -0.05) is 15.9 Å². The lowest BCUT2D eigenvalue weighted by Crippen LogP contribution is -2.48. The average molecular weight is 312 g/mol. The molecule has 5 heteroatoms. The quantitative estimate of drug-likeness (QED) is 0.791. The monoisotopic (exact) mass is 311 g/mol. The molecule has 1 fully saturated rings. The van der Waals surface area contributed by atoms with Crippen molar-refractivity contribution in [2.24, 2.45) is 0 Å². The first-order chi connectivity index (χ1) is 8.79. The van der Waals surface area contributed by atoms with Gasteiger partial charge in [0.25, 0.3) is 0 Å². The van der Waals surface area contributed by atoms with Gasteiger partial charge in [-0.2, -0.15) is 0 Å². The van der Waals surface area contributed by atoms with Crippen molar-refractivity contribution in [1.29, 1.82) is 0 Å². The van der Waals surface area contributed by atoms with Gasteiger partial charge >= 0.3 is 0 Å². The number of carbonyl (C=O) groups is 1. The van der Waals surface area contributed by atoms with Gasteiger partial charge in [0.15, 0.2) is 0 Å². The van der Waals surface area contributed by atoms with Gasteiger partial charge in [-0.3, -0.25) is 14.7 Å². The van der Waals surface area contributed by atoms with Crippen molar-refractivity contribution in [3.8, 4) is 0 Å². The molecule has 0 unspecified atom stereocenters. The highest BCUT2D eigenvalue weighted by atomic mass is 79.9. The van der Waals surface area contributed by atoms with Crippen LogP contribution in [0.1, 0.15) is 12.0 Å². The van der Waals surface area contributed by atoms with Crippen molar-refractivity contribution in [3.63, 3.8) is 0 Å². The van der Waals surface area contributed by atoms with E-state index in [1.165, 1.54) is 5.56 Å². The summed E-state index contributed by atoms with van der Waals surface area (Å²) in [5.74, 6) is 0.260. The number of rotatable bonds is 4. The number of nitrogens with zero attached hydrogens (tertiary/aromatic N) is 3. The molecule has 2 rings (SSSR count). The molecule has 4 nitrogen and oxygen atoms in total. The maximum absolute atomic E-state index is 11.7. The second-order valence-electron chi connectivity index (χ2n) is 4.45. The van der Waals surface area contributed by atoms with Crippen molar-refractivity contribution in [3.05, 3.63) is 30.1 Å². The van der Waals surface area contributed by atoms with E-state index in [1.807, 2.05) is 29.4 Å². The summed E-state index contributed by atoms with van der Waals surface area (Å²) in [6, 6.07) is 4.09. The van der Waals surface area contributed by atoms with Crippen LogP contribution in [0.3, 0.4) is 0 Å². The lowest BCUT2D eigenvalue weighted by molar-refractivity contribution is -0.132. The first-order valence-electron chi connectivity index (χ1n) is 6.24. The number of hydrogen-bond donors (Lipinski definition) is 0. The fourth-order valence-electron chi connectivity index (χ4n) is 2.14. The number of aromatic nitrogens is 1. The minimum absolute atomic E-state index is 0.260. The highest BCUT2D eigenvalue weighted by molar-refractivity contribution is 9.09. The Kier molecular flexibility index (Phi) is 5.13. The fraction of sp³-hybridized carbons (Fsp3) is 0.538. The zero-order valence-corrected chi connectivity index (χ0v) is 12.0. The molecular formula is C13H18BrN3O. The van der Waals surface area contributed by atoms with Crippen molar-refractivity contribution in [2.75, 3.05) is 31.5 Å². The van der Waals surface area contributed by atoms with Crippen LogP contribution >= 0.6 is 15.9 Å². The topological polar surface area (TPSA) is 36.4 Å². The number of amides is 1. The third-order valence-corrected chi connectivity index (χ3v) is 3.59. The van der Waals surface area contributed by atoms with Gasteiger partial charge in [0.1, 0.15) is 0 Å². The lowest BCUT2D eigenvalue weighted by atomic mass is 10.2. The number of piperazine rings is 1. The van der Waals surface area contributed by atoms with Crippen LogP contribution in [0.5, 0.6) is 0 Å². The van der Waals surface area contributed by atoms with Crippen LogP contribution in [0.2, 0.25) is 0 Å². The van der Waals surface area contributed by atoms with Crippen molar-refractivity contribution in [2.45, 2.75) is 13.0 Å². The number of pyridine rings is 1. The van der Waals surface area contributed by atoms with Crippen LogP contribution in [0.15, 0.2) is 24.5 Å². The molecule has 1 aromatic rings. The molecular weight excluding hydrogens is 294 g/mol. The van der Waals surface area contributed by atoms with Crippen LogP contribution < -0.4 is 0 Å². The van der Waals surface area contributed by atoms with E-state index < -0.39 is 0 Å². The molecule has 1 aliphatic heterocycles. The molecule has 0 spiro atoms. The van der Waals surface area contributed by atoms with Crippen molar-refractivity contribution < 1.29 is 4.79 Å². The molecule has 0 N–H and O–H groups in total. The molecule has 0 saturated carbocycles. The largest absolute Gasteiger partial charge is 0.340 e. The summed E-state index contributed by atoms with van der Waals surface area (Å²) in [5, 5.41) is 0.753. The summed E-state index contributed by atoms with van der Waals surface area (Å²) in [6.07, 6.45) is 4.25. The van der Waals surface area contributed by atoms with Crippen LogP contribution in [0, 0.1) is 0 Å². The average Bonchev–Trinajstić information content (AvgIpc) is 2.41. The molecule has 18 heavy (non-hydrogen) atoms. The Bertz CT molecular complexity index is 377. The summed E-state index contributed by atoms with van der Waals surface area (Å²) in [7, 11) is 0. The predicted octanol–water partition coefficient (Wildman–Crippen LogP) is 1.51. The Morgan fingerprint density at radius 2 is 1.89 bits per heavy atom. The highest BCUT2D eigenvalue weighted by Gasteiger charge is 2.20. The Hall–Kier alpha value is -0.940. The third-order valence-electron chi connectivity index (χ3n) is 3.19. The molecule has 0 radical (unpaired) electrons. The second-order valence-corrected chi connectivity index (χ2v) is 5.24.